The maximum absolute atomic E-state index is 11.9. The standard InChI is InChI=1S/C18H37N5O/c1-6-19-17(21-13-16(24)22-18(3,4)5)20-12-15(2)14-23-10-8-7-9-11-23/h15H,6-14H2,1-5H3,(H,22,24)(H2,19,20,21). The summed E-state index contributed by atoms with van der Waals surface area (Å²) in [5.74, 6) is 1.21. The first-order valence-corrected chi connectivity index (χ1v) is 9.35. The fourth-order valence-corrected chi connectivity index (χ4v) is 2.87. The van der Waals surface area contributed by atoms with Gasteiger partial charge in [-0.2, -0.15) is 0 Å². The molecule has 1 saturated heterocycles. The average molecular weight is 340 g/mol. The molecule has 0 radical (unpaired) electrons. The number of amides is 1. The van der Waals surface area contributed by atoms with E-state index in [0.29, 0.717) is 11.9 Å². The Labute approximate surface area is 147 Å². The third kappa shape index (κ3) is 9.75. The van der Waals surface area contributed by atoms with Gasteiger partial charge in [0.15, 0.2) is 5.96 Å². The summed E-state index contributed by atoms with van der Waals surface area (Å²) in [6, 6.07) is 0. The molecule has 1 aliphatic heterocycles. The van der Waals surface area contributed by atoms with Crippen LogP contribution in [0.25, 0.3) is 0 Å². The van der Waals surface area contributed by atoms with Gasteiger partial charge < -0.3 is 20.9 Å². The molecular weight excluding hydrogens is 302 g/mol. The lowest BCUT2D eigenvalue weighted by atomic mass is 10.1. The first-order valence-electron chi connectivity index (χ1n) is 9.35. The zero-order chi connectivity index (χ0) is 18.0. The van der Waals surface area contributed by atoms with E-state index in [4.69, 9.17) is 0 Å². The van der Waals surface area contributed by atoms with Crippen LogP contribution in [0.5, 0.6) is 0 Å². The molecule has 0 saturated carbocycles. The molecule has 24 heavy (non-hydrogen) atoms. The van der Waals surface area contributed by atoms with E-state index in [-0.39, 0.29) is 18.0 Å². The van der Waals surface area contributed by atoms with Gasteiger partial charge in [0.1, 0.15) is 6.54 Å². The average Bonchev–Trinajstić information content (AvgIpc) is 2.49. The van der Waals surface area contributed by atoms with Gasteiger partial charge in [0.05, 0.1) is 0 Å². The Morgan fingerprint density at radius 2 is 1.83 bits per heavy atom. The quantitative estimate of drug-likeness (QED) is 0.487. The fourth-order valence-electron chi connectivity index (χ4n) is 2.87. The number of carbonyl (C=O) groups is 1. The Morgan fingerprint density at radius 1 is 1.17 bits per heavy atom. The molecule has 1 rings (SSSR count). The minimum absolute atomic E-state index is 0.0546. The first-order chi connectivity index (χ1) is 11.3. The zero-order valence-corrected chi connectivity index (χ0v) is 16.2. The van der Waals surface area contributed by atoms with Crippen LogP contribution >= 0.6 is 0 Å². The minimum Gasteiger partial charge on any atom is -0.357 e. The maximum Gasteiger partial charge on any atom is 0.242 e. The fraction of sp³-hybridized carbons (Fsp3) is 0.889. The van der Waals surface area contributed by atoms with E-state index in [0.717, 1.165) is 19.6 Å². The molecular formula is C18H37N5O. The van der Waals surface area contributed by atoms with E-state index < -0.39 is 0 Å². The molecule has 1 fully saturated rings. The largest absolute Gasteiger partial charge is 0.357 e. The predicted octanol–water partition coefficient (Wildman–Crippen LogP) is 1.58. The van der Waals surface area contributed by atoms with Crippen LogP contribution in [0.3, 0.4) is 0 Å². The Kier molecular flexibility index (Phi) is 9.11. The summed E-state index contributed by atoms with van der Waals surface area (Å²) in [5.41, 5.74) is -0.221. The van der Waals surface area contributed by atoms with E-state index in [1.165, 1.54) is 32.4 Å². The van der Waals surface area contributed by atoms with Crippen molar-refractivity contribution >= 4 is 11.9 Å². The van der Waals surface area contributed by atoms with E-state index in [2.05, 4.69) is 32.8 Å². The van der Waals surface area contributed by atoms with Gasteiger partial charge in [0.2, 0.25) is 5.91 Å². The topological polar surface area (TPSA) is 68.8 Å². The number of nitrogens with zero attached hydrogens (tertiary/aromatic N) is 2. The summed E-state index contributed by atoms with van der Waals surface area (Å²) in [5, 5.41) is 9.49. The normalized spacial score (nSPS) is 18.1. The monoisotopic (exact) mass is 339 g/mol. The molecule has 6 heteroatoms. The smallest absolute Gasteiger partial charge is 0.242 e. The number of hydrogen-bond donors (Lipinski definition) is 3. The molecule has 0 aliphatic carbocycles. The van der Waals surface area contributed by atoms with Gasteiger partial charge in [-0.25, -0.2) is 4.99 Å². The van der Waals surface area contributed by atoms with Crippen molar-refractivity contribution in [1.29, 1.82) is 0 Å². The van der Waals surface area contributed by atoms with Crippen LogP contribution in [0.4, 0.5) is 0 Å². The summed E-state index contributed by atoms with van der Waals surface area (Å²) < 4.78 is 0. The lowest BCUT2D eigenvalue weighted by molar-refractivity contribution is -0.121. The van der Waals surface area contributed by atoms with Crippen molar-refractivity contribution in [3.63, 3.8) is 0 Å². The third-order valence-corrected chi connectivity index (χ3v) is 3.88. The Balaban J connectivity index is 2.37. The van der Waals surface area contributed by atoms with Crippen LogP contribution in [-0.4, -0.2) is 61.6 Å². The number of piperidine rings is 1. The summed E-state index contributed by atoms with van der Waals surface area (Å²) in [4.78, 5) is 18.8. The number of carbonyl (C=O) groups excluding carboxylic acids is 1. The summed E-state index contributed by atoms with van der Waals surface area (Å²) >= 11 is 0. The van der Waals surface area contributed by atoms with Gasteiger partial charge in [-0.1, -0.05) is 13.3 Å². The van der Waals surface area contributed by atoms with Crippen molar-refractivity contribution < 1.29 is 4.79 Å². The molecule has 1 atom stereocenters. The van der Waals surface area contributed by atoms with Crippen LogP contribution < -0.4 is 16.0 Å². The van der Waals surface area contributed by atoms with Crippen molar-refractivity contribution in [2.45, 2.75) is 59.4 Å². The molecule has 0 bridgehead atoms. The Morgan fingerprint density at radius 3 is 2.42 bits per heavy atom. The minimum atomic E-state index is -0.221. The second kappa shape index (κ2) is 10.5. The van der Waals surface area contributed by atoms with Crippen LogP contribution in [0.2, 0.25) is 0 Å². The van der Waals surface area contributed by atoms with Crippen LogP contribution in [0.15, 0.2) is 4.99 Å². The summed E-state index contributed by atoms with van der Waals surface area (Å²) in [6.45, 7) is 15.6. The van der Waals surface area contributed by atoms with E-state index >= 15 is 0 Å². The van der Waals surface area contributed by atoms with E-state index in [9.17, 15) is 4.79 Å². The zero-order valence-electron chi connectivity index (χ0n) is 16.2. The van der Waals surface area contributed by atoms with Crippen LogP contribution in [0, 0.1) is 5.92 Å². The molecule has 0 aromatic heterocycles. The molecule has 0 spiro atoms. The number of nitrogens with one attached hydrogen (secondary N) is 3. The van der Waals surface area contributed by atoms with Crippen molar-refractivity contribution in [2.75, 3.05) is 39.3 Å². The molecule has 0 aromatic rings. The number of hydrogen-bond acceptors (Lipinski definition) is 3. The van der Waals surface area contributed by atoms with Gasteiger partial charge in [-0.3, -0.25) is 4.79 Å². The Hall–Kier alpha value is -1.30. The molecule has 3 N–H and O–H groups in total. The molecule has 0 aromatic carbocycles. The lowest BCUT2D eigenvalue weighted by Gasteiger charge is -2.29. The molecule has 1 unspecified atom stereocenters. The molecule has 1 amide bonds. The highest BCUT2D eigenvalue weighted by Gasteiger charge is 2.15. The molecule has 1 aliphatic rings. The number of aliphatic imine (C=N–C) groups is 1. The van der Waals surface area contributed by atoms with Gasteiger partial charge in [0, 0.05) is 25.2 Å². The predicted molar refractivity (Wildman–Crippen MR) is 101 cm³/mol. The Bertz CT molecular complexity index is 397. The van der Waals surface area contributed by atoms with Gasteiger partial charge in [-0.05, 0) is 59.5 Å². The highest BCUT2D eigenvalue weighted by atomic mass is 16.2. The number of likely N-dealkylation sites (tertiary alicyclic amines) is 1. The maximum atomic E-state index is 11.9. The summed E-state index contributed by atoms with van der Waals surface area (Å²) in [6.07, 6.45) is 4.03. The van der Waals surface area contributed by atoms with Crippen molar-refractivity contribution in [3.05, 3.63) is 0 Å². The number of rotatable bonds is 7. The summed E-state index contributed by atoms with van der Waals surface area (Å²) in [7, 11) is 0. The molecule has 6 nitrogen and oxygen atoms in total. The van der Waals surface area contributed by atoms with Crippen molar-refractivity contribution in [1.82, 2.24) is 20.9 Å². The second-order valence-corrected chi connectivity index (χ2v) is 7.84. The van der Waals surface area contributed by atoms with Crippen molar-refractivity contribution in [3.8, 4) is 0 Å². The number of guanidine groups is 1. The van der Waals surface area contributed by atoms with Gasteiger partial charge in [0.25, 0.3) is 0 Å². The van der Waals surface area contributed by atoms with Crippen molar-refractivity contribution in [2.24, 2.45) is 10.9 Å². The van der Waals surface area contributed by atoms with Crippen LogP contribution in [-0.2, 0) is 4.79 Å². The molecule has 140 valence electrons. The van der Waals surface area contributed by atoms with E-state index in [1.807, 2.05) is 27.7 Å². The van der Waals surface area contributed by atoms with Gasteiger partial charge in [-0.15, -0.1) is 0 Å². The lowest BCUT2D eigenvalue weighted by Crippen LogP contribution is -2.44. The SMILES string of the molecule is CCNC(=NCC(=O)NC(C)(C)C)NCC(C)CN1CCCCC1. The molecule has 1 heterocycles. The highest BCUT2D eigenvalue weighted by Crippen LogP contribution is 2.10. The first kappa shape index (κ1) is 20.7. The van der Waals surface area contributed by atoms with Gasteiger partial charge >= 0.3 is 0 Å². The van der Waals surface area contributed by atoms with E-state index in [1.54, 1.807) is 0 Å². The second-order valence-electron chi connectivity index (χ2n) is 7.84. The third-order valence-electron chi connectivity index (χ3n) is 3.88. The highest BCUT2D eigenvalue weighted by molar-refractivity contribution is 5.85. The van der Waals surface area contributed by atoms with Crippen LogP contribution in [0.1, 0.15) is 53.9 Å².